The third kappa shape index (κ3) is 4.60. The number of hydrogen-bond donors (Lipinski definition) is 1. The molecule has 1 N–H and O–H groups in total. The summed E-state index contributed by atoms with van der Waals surface area (Å²) in [6.45, 7) is 1.99. The van der Waals surface area contributed by atoms with Gasteiger partial charge in [-0.3, -0.25) is 10.1 Å². The summed E-state index contributed by atoms with van der Waals surface area (Å²) in [5.74, 6) is -0.0228. The number of azo groups is 1. The Kier molecular flexibility index (Phi) is 5.63. The molecule has 0 radical (unpaired) electrons. The van der Waals surface area contributed by atoms with Crippen molar-refractivity contribution in [3.8, 4) is 5.88 Å². The highest BCUT2D eigenvalue weighted by Gasteiger charge is 2.24. The summed E-state index contributed by atoms with van der Waals surface area (Å²) in [4.78, 5) is 18.6. The molecule has 9 heteroatoms. The third-order valence-electron chi connectivity index (χ3n) is 3.42. The molecule has 27 heavy (non-hydrogen) atoms. The van der Waals surface area contributed by atoms with Crippen LogP contribution in [0, 0.1) is 10.1 Å². The maximum absolute atomic E-state index is 11.4. The number of benzene rings is 2. The van der Waals surface area contributed by atoms with Gasteiger partial charge < -0.3 is 10.1 Å². The average Bonchev–Trinajstić information content (AvgIpc) is 2.68. The molecule has 1 heterocycles. The zero-order chi connectivity index (χ0) is 19.1. The number of nitrogens with zero attached hydrogens (tertiary/aromatic N) is 5. The van der Waals surface area contributed by atoms with Crippen molar-refractivity contribution < 1.29 is 9.66 Å². The fourth-order valence-electron chi connectivity index (χ4n) is 2.22. The van der Waals surface area contributed by atoms with E-state index >= 15 is 0 Å². The van der Waals surface area contributed by atoms with Crippen LogP contribution in [0.5, 0.6) is 5.88 Å². The van der Waals surface area contributed by atoms with Crippen molar-refractivity contribution in [2.24, 2.45) is 10.2 Å². The minimum absolute atomic E-state index is 0.0529. The standard InChI is InChI=1S/C18H16N6O3/c1-2-27-18-16(24(25)26)17(19-12-20-18)21-13-8-10-15(11-9-13)23-22-14-6-4-3-5-7-14/h3-12H,2H2,1H3,(H,19,20,21). The Morgan fingerprint density at radius 1 is 1.04 bits per heavy atom. The second-order valence-electron chi connectivity index (χ2n) is 5.27. The van der Waals surface area contributed by atoms with Crippen molar-refractivity contribution in [3.05, 3.63) is 71.0 Å². The fraction of sp³-hybridized carbons (Fsp3) is 0.111. The Balaban J connectivity index is 1.78. The second kappa shape index (κ2) is 8.48. The van der Waals surface area contributed by atoms with Gasteiger partial charge in [0, 0.05) is 5.69 Å². The van der Waals surface area contributed by atoms with Crippen LogP contribution in [0.4, 0.5) is 28.6 Å². The zero-order valence-electron chi connectivity index (χ0n) is 14.4. The highest BCUT2D eigenvalue weighted by molar-refractivity contribution is 5.69. The van der Waals surface area contributed by atoms with E-state index in [1.54, 1.807) is 31.2 Å². The molecule has 0 bridgehead atoms. The molecular weight excluding hydrogens is 348 g/mol. The topological polar surface area (TPSA) is 115 Å². The molecule has 136 valence electrons. The molecule has 2 aromatic carbocycles. The maximum atomic E-state index is 11.4. The summed E-state index contributed by atoms with van der Waals surface area (Å²) in [5.41, 5.74) is 1.70. The highest BCUT2D eigenvalue weighted by atomic mass is 16.6. The van der Waals surface area contributed by atoms with Gasteiger partial charge in [-0.2, -0.15) is 15.2 Å². The molecule has 3 aromatic rings. The van der Waals surface area contributed by atoms with E-state index in [1.165, 1.54) is 6.33 Å². The van der Waals surface area contributed by atoms with Crippen molar-refractivity contribution in [2.45, 2.75) is 6.92 Å². The molecule has 0 aliphatic carbocycles. The smallest absolute Gasteiger partial charge is 0.373 e. The van der Waals surface area contributed by atoms with Gasteiger partial charge in [-0.05, 0) is 43.3 Å². The molecule has 3 rings (SSSR count). The lowest BCUT2D eigenvalue weighted by Gasteiger charge is -2.08. The van der Waals surface area contributed by atoms with E-state index in [0.717, 1.165) is 5.69 Å². The van der Waals surface area contributed by atoms with Gasteiger partial charge in [-0.25, -0.2) is 4.98 Å². The quantitative estimate of drug-likeness (QED) is 0.360. The summed E-state index contributed by atoms with van der Waals surface area (Å²) in [7, 11) is 0. The van der Waals surface area contributed by atoms with E-state index in [9.17, 15) is 10.1 Å². The van der Waals surface area contributed by atoms with Gasteiger partial charge >= 0.3 is 5.69 Å². The second-order valence-corrected chi connectivity index (χ2v) is 5.27. The summed E-state index contributed by atoms with van der Waals surface area (Å²) < 4.78 is 5.21. The lowest BCUT2D eigenvalue weighted by atomic mass is 10.3. The molecule has 9 nitrogen and oxygen atoms in total. The van der Waals surface area contributed by atoms with Crippen LogP contribution in [0.1, 0.15) is 6.92 Å². The molecule has 0 amide bonds. The molecule has 0 saturated carbocycles. The molecule has 0 saturated heterocycles. The Labute approximate surface area is 154 Å². The van der Waals surface area contributed by atoms with Gasteiger partial charge in [0.2, 0.25) is 5.82 Å². The van der Waals surface area contributed by atoms with Crippen LogP contribution in [0.3, 0.4) is 0 Å². The third-order valence-corrected chi connectivity index (χ3v) is 3.42. The van der Waals surface area contributed by atoms with Crippen molar-refractivity contribution >= 4 is 28.6 Å². The summed E-state index contributed by atoms with van der Waals surface area (Å²) in [6.07, 6.45) is 1.21. The highest BCUT2D eigenvalue weighted by Crippen LogP contribution is 2.33. The summed E-state index contributed by atoms with van der Waals surface area (Å²) in [5, 5.41) is 22.6. The van der Waals surface area contributed by atoms with Crippen LogP contribution in [0.25, 0.3) is 0 Å². The van der Waals surface area contributed by atoms with Crippen LogP contribution in [0.2, 0.25) is 0 Å². The zero-order valence-corrected chi connectivity index (χ0v) is 14.4. The lowest BCUT2D eigenvalue weighted by molar-refractivity contribution is -0.385. The number of anilines is 2. The predicted molar refractivity (Wildman–Crippen MR) is 100 cm³/mol. The normalized spacial score (nSPS) is 10.7. The SMILES string of the molecule is CCOc1ncnc(Nc2ccc(N=Nc3ccccc3)cc2)c1[N+](=O)[O-]. The van der Waals surface area contributed by atoms with Crippen LogP contribution in [-0.2, 0) is 0 Å². The van der Waals surface area contributed by atoms with E-state index in [1.807, 2.05) is 30.3 Å². The Morgan fingerprint density at radius 3 is 2.33 bits per heavy atom. The Morgan fingerprint density at radius 2 is 1.70 bits per heavy atom. The van der Waals surface area contributed by atoms with Gasteiger partial charge in [0.1, 0.15) is 6.33 Å². The van der Waals surface area contributed by atoms with E-state index in [4.69, 9.17) is 4.74 Å². The van der Waals surface area contributed by atoms with E-state index < -0.39 is 4.92 Å². The first-order valence-electron chi connectivity index (χ1n) is 8.13. The maximum Gasteiger partial charge on any atom is 0.373 e. The van der Waals surface area contributed by atoms with Crippen molar-refractivity contribution in [1.82, 2.24) is 9.97 Å². The van der Waals surface area contributed by atoms with E-state index in [-0.39, 0.29) is 24.0 Å². The molecule has 1 aromatic heterocycles. The van der Waals surface area contributed by atoms with Crippen LogP contribution < -0.4 is 10.1 Å². The summed E-state index contributed by atoms with van der Waals surface area (Å²) in [6, 6.07) is 16.3. The van der Waals surface area contributed by atoms with Crippen molar-refractivity contribution in [3.63, 3.8) is 0 Å². The number of nitro groups is 1. The molecule has 0 aliphatic rings. The first-order chi connectivity index (χ1) is 13.2. The number of aromatic nitrogens is 2. The van der Waals surface area contributed by atoms with Crippen LogP contribution in [-0.4, -0.2) is 21.5 Å². The Hall–Kier alpha value is -3.88. The minimum atomic E-state index is -0.574. The van der Waals surface area contributed by atoms with E-state index in [0.29, 0.717) is 11.4 Å². The van der Waals surface area contributed by atoms with Gasteiger partial charge in [0.25, 0.3) is 5.88 Å². The molecule has 0 unspecified atom stereocenters. The first kappa shape index (κ1) is 17.9. The molecule has 0 fully saturated rings. The van der Waals surface area contributed by atoms with Gasteiger partial charge in [0.05, 0.1) is 22.9 Å². The summed E-state index contributed by atoms with van der Waals surface area (Å²) >= 11 is 0. The number of hydrogen-bond acceptors (Lipinski definition) is 8. The lowest BCUT2D eigenvalue weighted by Crippen LogP contribution is -2.05. The van der Waals surface area contributed by atoms with E-state index in [2.05, 4.69) is 25.5 Å². The molecule has 0 atom stereocenters. The number of nitrogens with one attached hydrogen (secondary N) is 1. The molecule has 0 aliphatic heterocycles. The number of ether oxygens (including phenoxy) is 1. The van der Waals surface area contributed by atoms with Crippen LogP contribution in [0.15, 0.2) is 71.2 Å². The fourth-order valence-corrected chi connectivity index (χ4v) is 2.22. The van der Waals surface area contributed by atoms with Gasteiger partial charge in [-0.1, -0.05) is 18.2 Å². The van der Waals surface area contributed by atoms with Crippen LogP contribution >= 0.6 is 0 Å². The van der Waals surface area contributed by atoms with Crippen molar-refractivity contribution in [2.75, 3.05) is 11.9 Å². The Bertz CT molecular complexity index is 945. The number of rotatable bonds is 7. The minimum Gasteiger partial charge on any atom is -0.473 e. The van der Waals surface area contributed by atoms with Crippen molar-refractivity contribution in [1.29, 1.82) is 0 Å². The van der Waals surface area contributed by atoms with Gasteiger partial charge in [-0.15, -0.1) is 0 Å². The first-order valence-corrected chi connectivity index (χ1v) is 8.13. The average molecular weight is 364 g/mol. The van der Waals surface area contributed by atoms with Gasteiger partial charge in [0.15, 0.2) is 0 Å². The molecular formula is C18H16N6O3. The predicted octanol–water partition coefficient (Wildman–Crippen LogP) is 4.94. The molecule has 0 spiro atoms. The monoisotopic (exact) mass is 364 g/mol. The largest absolute Gasteiger partial charge is 0.473 e.